The molecular weight excluding hydrogens is 269 g/mol. The first kappa shape index (κ1) is 14.8. The SMILES string of the molecule is O=C(CNCCC(F)(F)F)Nc1ccc(Cl)cc1. The lowest BCUT2D eigenvalue weighted by Gasteiger charge is -2.08. The van der Waals surface area contributed by atoms with Crippen LogP contribution in [0.2, 0.25) is 5.02 Å². The molecule has 18 heavy (non-hydrogen) atoms. The van der Waals surface area contributed by atoms with Gasteiger partial charge in [-0.05, 0) is 24.3 Å². The van der Waals surface area contributed by atoms with E-state index in [1.54, 1.807) is 24.3 Å². The number of carbonyl (C=O) groups is 1. The molecule has 2 N–H and O–H groups in total. The monoisotopic (exact) mass is 280 g/mol. The Morgan fingerprint density at radius 1 is 1.22 bits per heavy atom. The summed E-state index contributed by atoms with van der Waals surface area (Å²) in [7, 11) is 0. The molecule has 7 heteroatoms. The van der Waals surface area contributed by atoms with Crippen LogP contribution in [0.3, 0.4) is 0 Å². The summed E-state index contributed by atoms with van der Waals surface area (Å²) in [5, 5.41) is 5.48. The van der Waals surface area contributed by atoms with Crippen molar-refractivity contribution < 1.29 is 18.0 Å². The van der Waals surface area contributed by atoms with Gasteiger partial charge < -0.3 is 10.6 Å². The van der Waals surface area contributed by atoms with E-state index in [0.717, 1.165) is 0 Å². The van der Waals surface area contributed by atoms with Gasteiger partial charge >= 0.3 is 6.18 Å². The van der Waals surface area contributed by atoms with Crippen molar-refractivity contribution in [1.29, 1.82) is 0 Å². The van der Waals surface area contributed by atoms with Crippen molar-refractivity contribution in [2.75, 3.05) is 18.4 Å². The van der Waals surface area contributed by atoms with E-state index in [0.29, 0.717) is 10.7 Å². The van der Waals surface area contributed by atoms with Crippen molar-refractivity contribution in [3.8, 4) is 0 Å². The first-order valence-corrected chi connectivity index (χ1v) is 5.57. The molecule has 1 amide bonds. The Bertz CT molecular complexity index is 392. The molecule has 0 atom stereocenters. The third-order valence-electron chi connectivity index (χ3n) is 2.00. The molecule has 0 aliphatic rings. The quantitative estimate of drug-likeness (QED) is 0.815. The number of halogens is 4. The second kappa shape index (κ2) is 6.61. The number of hydrogen-bond donors (Lipinski definition) is 2. The molecule has 0 heterocycles. The third kappa shape index (κ3) is 6.46. The Balaban J connectivity index is 2.24. The standard InChI is InChI=1S/C11H12ClF3N2O/c12-8-1-3-9(4-2-8)17-10(18)7-16-6-5-11(13,14)15/h1-4,16H,5-7H2,(H,17,18). The smallest absolute Gasteiger partial charge is 0.325 e. The lowest BCUT2D eigenvalue weighted by Crippen LogP contribution is -2.30. The average Bonchev–Trinajstić information content (AvgIpc) is 2.26. The number of alkyl halides is 3. The van der Waals surface area contributed by atoms with Crippen molar-refractivity contribution >= 4 is 23.2 Å². The van der Waals surface area contributed by atoms with Gasteiger partial charge in [0.1, 0.15) is 0 Å². The van der Waals surface area contributed by atoms with Crippen LogP contribution in [0, 0.1) is 0 Å². The van der Waals surface area contributed by atoms with Gasteiger partial charge in [-0.25, -0.2) is 0 Å². The fraction of sp³-hybridized carbons (Fsp3) is 0.364. The largest absolute Gasteiger partial charge is 0.390 e. The highest BCUT2D eigenvalue weighted by Crippen LogP contribution is 2.18. The van der Waals surface area contributed by atoms with Gasteiger partial charge in [-0.1, -0.05) is 11.6 Å². The minimum absolute atomic E-state index is 0.168. The number of benzene rings is 1. The van der Waals surface area contributed by atoms with Crippen LogP contribution in [0.1, 0.15) is 6.42 Å². The Labute approximate surface area is 107 Å². The van der Waals surface area contributed by atoms with Crippen LogP contribution < -0.4 is 10.6 Å². The van der Waals surface area contributed by atoms with Gasteiger partial charge in [0.15, 0.2) is 0 Å². The minimum Gasteiger partial charge on any atom is -0.325 e. The predicted octanol–water partition coefficient (Wildman–Crippen LogP) is 2.82. The normalized spacial score (nSPS) is 11.3. The summed E-state index contributed by atoms with van der Waals surface area (Å²) in [5.41, 5.74) is 0.544. The van der Waals surface area contributed by atoms with Crippen LogP contribution >= 0.6 is 11.6 Å². The average molecular weight is 281 g/mol. The van der Waals surface area contributed by atoms with E-state index in [1.807, 2.05) is 0 Å². The van der Waals surface area contributed by atoms with E-state index in [1.165, 1.54) is 0 Å². The summed E-state index contributed by atoms with van der Waals surface area (Å²) in [4.78, 5) is 11.3. The maximum Gasteiger partial charge on any atom is 0.390 e. The van der Waals surface area contributed by atoms with Crippen LogP contribution in [0.25, 0.3) is 0 Å². The number of hydrogen-bond acceptors (Lipinski definition) is 2. The van der Waals surface area contributed by atoms with Crippen LogP contribution in [-0.2, 0) is 4.79 Å². The molecule has 0 bridgehead atoms. The lowest BCUT2D eigenvalue weighted by molar-refractivity contribution is -0.134. The zero-order valence-corrected chi connectivity index (χ0v) is 10.1. The molecule has 0 aliphatic heterocycles. The van der Waals surface area contributed by atoms with Gasteiger partial charge in [0.05, 0.1) is 13.0 Å². The van der Waals surface area contributed by atoms with Crippen molar-refractivity contribution in [2.24, 2.45) is 0 Å². The molecule has 1 rings (SSSR count). The summed E-state index contributed by atoms with van der Waals surface area (Å²) in [6.07, 6.45) is -5.17. The zero-order chi connectivity index (χ0) is 13.6. The van der Waals surface area contributed by atoms with E-state index in [9.17, 15) is 18.0 Å². The van der Waals surface area contributed by atoms with Gasteiger partial charge in [0.2, 0.25) is 5.91 Å². The van der Waals surface area contributed by atoms with Crippen molar-refractivity contribution in [3.05, 3.63) is 29.3 Å². The molecule has 0 spiro atoms. The fourth-order valence-corrected chi connectivity index (χ4v) is 1.30. The number of carbonyl (C=O) groups excluding carboxylic acids is 1. The Morgan fingerprint density at radius 2 is 1.83 bits per heavy atom. The van der Waals surface area contributed by atoms with Gasteiger partial charge in [-0.15, -0.1) is 0 Å². The summed E-state index contributed by atoms with van der Waals surface area (Å²) < 4.78 is 35.4. The highest BCUT2D eigenvalue weighted by molar-refractivity contribution is 6.30. The van der Waals surface area contributed by atoms with Gasteiger partial charge in [-0.2, -0.15) is 13.2 Å². The third-order valence-corrected chi connectivity index (χ3v) is 2.25. The maximum absolute atomic E-state index is 11.8. The fourth-order valence-electron chi connectivity index (χ4n) is 1.17. The Hall–Kier alpha value is -1.27. The van der Waals surface area contributed by atoms with E-state index in [4.69, 9.17) is 11.6 Å². The first-order valence-electron chi connectivity index (χ1n) is 5.20. The molecule has 1 aromatic carbocycles. The highest BCUT2D eigenvalue weighted by atomic mass is 35.5. The van der Waals surface area contributed by atoms with Crippen LogP contribution in [0.5, 0.6) is 0 Å². The summed E-state index contributed by atoms with van der Waals surface area (Å²) in [6.45, 7) is -0.448. The molecular formula is C11H12ClF3N2O. The molecule has 0 aromatic heterocycles. The topological polar surface area (TPSA) is 41.1 Å². The molecule has 0 fully saturated rings. The Morgan fingerprint density at radius 3 is 2.39 bits per heavy atom. The Kier molecular flexibility index (Phi) is 5.43. The molecule has 0 saturated heterocycles. The molecule has 0 saturated carbocycles. The summed E-state index contributed by atoms with van der Waals surface area (Å²) >= 11 is 5.66. The molecule has 3 nitrogen and oxygen atoms in total. The summed E-state index contributed by atoms with van der Waals surface area (Å²) in [5.74, 6) is -0.403. The number of nitrogens with one attached hydrogen (secondary N) is 2. The minimum atomic E-state index is -4.21. The highest BCUT2D eigenvalue weighted by Gasteiger charge is 2.25. The molecule has 0 radical (unpaired) electrons. The van der Waals surface area contributed by atoms with E-state index >= 15 is 0 Å². The molecule has 0 aliphatic carbocycles. The zero-order valence-electron chi connectivity index (χ0n) is 9.35. The van der Waals surface area contributed by atoms with E-state index < -0.39 is 18.5 Å². The second-order valence-corrected chi connectivity index (χ2v) is 4.03. The lowest BCUT2D eigenvalue weighted by atomic mass is 10.3. The van der Waals surface area contributed by atoms with Crippen molar-refractivity contribution in [2.45, 2.75) is 12.6 Å². The van der Waals surface area contributed by atoms with Crippen LogP contribution in [0.4, 0.5) is 18.9 Å². The second-order valence-electron chi connectivity index (χ2n) is 3.60. The van der Waals surface area contributed by atoms with Gasteiger partial charge in [0.25, 0.3) is 0 Å². The van der Waals surface area contributed by atoms with Gasteiger partial charge in [0, 0.05) is 17.3 Å². The molecule has 100 valence electrons. The maximum atomic E-state index is 11.8. The predicted molar refractivity (Wildman–Crippen MR) is 63.6 cm³/mol. The van der Waals surface area contributed by atoms with Gasteiger partial charge in [-0.3, -0.25) is 4.79 Å². The number of amides is 1. The molecule has 0 unspecified atom stereocenters. The summed E-state index contributed by atoms with van der Waals surface area (Å²) in [6, 6.07) is 6.42. The van der Waals surface area contributed by atoms with E-state index in [2.05, 4.69) is 10.6 Å². The van der Waals surface area contributed by atoms with Crippen LogP contribution in [0.15, 0.2) is 24.3 Å². The first-order chi connectivity index (χ1) is 8.37. The van der Waals surface area contributed by atoms with Crippen molar-refractivity contribution in [1.82, 2.24) is 5.32 Å². The van der Waals surface area contributed by atoms with Crippen LogP contribution in [-0.4, -0.2) is 25.2 Å². The molecule has 1 aromatic rings. The van der Waals surface area contributed by atoms with E-state index in [-0.39, 0.29) is 13.1 Å². The number of rotatable bonds is 5. The van der Waals surface area contributed by atoms with Crippen molar-refractivity contribution in [3.63, 3.8) is 0 Å². The number of anilines is 1.